The molecule has 1 heterocycles. The van der Waals surface area contributed by atoms with Gasteiger partial charge in [0.2, 0.25) is 5.76 Å². The SMILES string of the molecule is O=C(NCCCSCc1ccc(Cl)cc1)c1cc(C2CC2)no1. The number of rotatable bonds is 8. The van der Waals surface area contributed by atoms with Crippen LogP contribution < -0.4 is 5.32 Å². The fraction of sp³-hybridized carbons (Fsp3) is 0.412. The average molecular weight is 351 g/mol. The molecule has 1 aromatic heterocycles. The molecule has 6 heteroatoms. The first-order valence-corrected chi connectivity index (χ1v) is 9.32. The minimum absolute atomic E-state index is 0.174. The zero-order chi connectivity index (χ0) is 16.1. The van der Waals surface area contributed by atoms with Crippen molar-refractivity contribution in [3.63, 3.8) is 0 Å². The number of aromatic nitrogens is 1. The molecule has 0 spiro atoms. The molecule has 0 unspecified atom stereocenters. The zero-order valence-corrected chi connectivity index (χ0v) is 14.3. The van der Waals surface area contributed by atoms with Gasteiger partial charge in [-0.05, 0) is 42.7 Å². The summed E-state index contributed by atoms with van der Waals surface area (Å²) in [6.07, 6.45) is 3.23. The Hall–Kier alpha value is -1.46. The number of amides is 1. The van der Waals surface area contributed by atoms with Gasteiger partial charge in [0.1, 0.15) is 0 Å². The van der Waals surface area contributed by atoms with Gasteiger partial charge < -0.3 is 9.84 Å². The lowest BCUT2D eigenvalue weighted by atomic mass is 10.2. The van der Waals surface area contributed by atoms with Crippen LogP contribution in [0.25, 0.3) is 0 Å². The van der Waals surface area contributed by atoms with Gasteiger partial charge in [0.05, 0.1) is 5.69 Å². The molecule has 1 N–H and O–H groups in total. The molecule has 122 valence electrons. The standard InChI is InChI=1S/C17H19ClN2O2S/c18-14-6-2-12(3-7-14)11-23-9-1-8-19-17(21)16-10-15(20-22-16)13-4-5-13/h2-3,6-7,10,13H,1,4-5,8-9,11H2,(H,19,21). The summed E-state index contributed by atoms with van der Waals surface area (Å²) in [5, 5.41) is 7.58. The number of carbonyl (C=O) groups excluding carboxylic acids is 1. The van der Waals surface area contributed by atoms with Gasteiger partial charge in [0.25, 0.3) is 5.91 Å². The molecule has 1 amide bonds. The molecular weight excluding hydrogens is 332 g/mol. The Morgan fingerprint density at radius 1 is 1.35 bits per heavy atom. The maximum Gasteiger partial charge on any atom is 0.289 e. The molecule has 4 nitrogen and oxygen atoms in total. The van der Waals surface area contributed by atoms with Crippen molar-refractivity contribution in [3.8, 4) is 0 Å². The fourth-order valence-corrected chi connectivity index (χ4v) is 3.25. The predicted octanol–water partition coefficient (Wildman–Crippen LogP) is 4.26. The second kappa shape index (κ2) is 7.88. The lowest BCUT2D eigenvalue weighted by molar-refractivity contribution is 0.0917. The number of thioether (sulfide) groups is 1. The van der Waals surface area contributed by atoms with Crippen molar-refractivity contribution < 1.29 is 9.32 Å². The molecule has 2 aromatic rings. The molecule has 1 fully saturated rings. The quantitative estimate of drug-likeness (QED) is 0.723. The minimum atomic E-state index is -0.174. The van der Waals surface area contributed by atoms with Crippen molar-refractivity contribution in [3.05, 3.63) is 52.4 Å². The summed E-state index contributed by atoms with van der Waals surface area (Å²) in [7, 11) is 0. The van der Waals surface area contributed by atoms with Crippen LogP contribution >= 0.6 is 23.4 Å². The summed E-state index contributed by atoms with van der Waals surface area (Å²) in [6.45, 7) is 0.645. The molecule has 0 aliphatic heterocycles. The Morgan fingerprint density at radius 3 is 2.87 bits per heavy atom. The smallest absolute Gasteiger partial charge is 0.289 e. The second-order valence-corrected chi connectivity index (χ2v) is 7.22. The van der Waals surface area contributed by atoms with E-state index in [1.807, 2.05) is 36.0 Å². The lowest BCUT2D eigenvalue weighted by Gasteiger charge is -2.04. The molecule has 1 aliphatic rings. The van der Waals surface area contributed by atoms with E-state index in [0.29, 0.717) is 18.2 Å². The molecule has 0 saturated heterocycles. The third-order valence-electron chi connectivity index (χ3n) is 3.68. The van der Waals surface area contributed by atoms with Crippen LogP contribution in [0, 0.1) is 0 Å². The molecular formula is C17H19ClN2O2S. The maximum atomic E-state index is 11.9. The van der Waals surface area contributed by atoms with Crippen LogP contribution in [0.1, 0.15) is 47.0 Å². The van der Waals surface area contributed by atoms with Crippen LogP contribution in [0.5, 0.6) is 0 Å². The summed E-state index contributed by atoms with van der Waals surface area (Å²) < 4.78 is 5.10. The highest BCUT2D eigenvalue weighted by atomic mass is 35.5. The van der Waals surface area contributed by atoms with E-state index in [2.05, 4.69) is 10.5 Å². The molecule has 1 aliphatic carbocycles. The molecule has 1 aromatic carbocycles. The van der Waals surface area contributed by atoms with Crippen LogP contribution in [-0.4, -0.2) is 23.4 Å². The fourth-order valence-electron chi connectivity index (χ4n) is 2.20. The van der Waals surface area contributed by atoms with E-state index in [9.17, 15) is 4.79 Å². The van der Waals surface area contributed by atoms with E-state index in [1.165, 1.54) is 5.56 Å². The van der Waals surface area contributed by atoms with Crippen LogP contribution in [0.3, 0.4) is 0 Å². The van der Waals surface area contributed by atoms with Crippen molar-refractivity contribution in [1.82, 2.24) is 10.5 Å². The molecule has 3 rings (SSSR count). The van der Waals surface area contributed by atoms with Gasteiger partial charge in [-0.15, -0.1) is 0 Å². The summed E-state index contributed by atoms with van der Waals surface area (Å²) in [6, 6.07) is 9.66. The largest absolute Gasteiger partial charge is 0.351 e. The number of hydrogen-bond donors (Lipinski definition) is 1. The summed E-state index contributed by atoms with van der Waals surface area (Å²) in [5.74, 6) is 2.60. The first-order chi connectivity index (χ1) is 11.2. The van der Waals surface area contributed by atoms with Crippen molar-refractivity contribution >= 4 is 29.3 Å². The van der Waals surface area contributed by atoms with Crippen molar-refractivity contribution in [2.75, 3.05) is 12.3 Å². The first kappa shape index (κ1) is 16.4. The molecule has 0 radical (unpaired) electrons. The zero-order valence-electron chi connectivity index (χ0n) is 12.8. The highest BCUT2D eigenvalue weighted by Crippen LogP contribution is 2.39. The first-order valence-electron chi connectivity index (χ1n) is 7.79. The monoisotopic (exact) mass is 350 g/mol. The van der Waals surface area contributed by atoms with Gasteiger partial charge in [-0.1, -0.05) is 28.9 Å². The van der Waals surface area contributed by atoms with Crippen LogP contribution in [0.2, 0.25) is 5.02 Å². The van der Waals surface area contributed by atoms with Crippen LogP contribution in [0.4, 0.5) is 0 Å². The number of carbonyl (C=O) groups is 1. The van der Waals surface area contributed by atoms with E-state index < -0.39 is 0 Å². The third-order valence-corrected chi connectivity index (χ3v) is 5.05. The van der Waals surface area contributed by atoms with E-state index in [-0.39, 0.29) is 5.91 Å². The summed E-state index contributed by atoms with van der Waals surface area (Å²) >= 11 is 7.70. The minimum Gasteiger partial charge on any atom is -0.351 e. The predicted molar refractivity (Wildman–Crippen MR) is 93.0 cm³/mol. The second-order valence-electron chi connectivity index (χ2n) is 5.68. The Balaban J connectivity index is 1.30. The Labute approximate surface area is 145 Å². The third kappa shape index (κ3) is 5.01. The number of benzene rings is 1. The van der Waals surface area contributed by atoms with E-state index in [0.717, 1.165) is 41.5 Å². The van der Waals surface area contributed by atoms with E-state index in [1.54, 1.807) is 6.07 Å². The van der Waals surface area contributed by atoms with Gasteiger partial charge in [0, 0.05) is 29.3 Å². The van der Waals surface area contributed by atoms with Crippen molar-refractivity contribution in [2.24, 2.45) is 0 Å². The molecule has 1 saturated carbocycles. The Morgan fingerprint density at radius 2 is 2.13 bits per heavy atom. The molecule has 23 heavy (non-hydrogen) atoms. The van der Waals surface area contributed by atoms with E-state index >= 15 is 0 Å². The normalized spacial score (nSPS) is 14.0. The average Bonchev–Trinajstić information content (AvgIpc) is 3.29. The summed E-state index contributed by atoms with van der Waals surface area (Å²) in [5.41, 5.74) is 2.17. The van der Waals surface area contributed by atoms with Crippen LogP contribution in [0.15, 0.2) is 34.9 Å². The topological polar surface area (TPSA) is 55.1 Å². The van der Waals surface area contributed by atoms with Crippen molar-refractivity contribution in [1.29, 1.82) is 0 Å². The Kier molecular flexibility index (Phi) is 5.62. The highest BCUT2D eigenvalue weighted by molar-refractivity contribution is 7.98. The van der Waals surface area contributed by atoms with Gasteiger partial charge in [-0.3, -0.25) is 4.79 Å². The summed E-state index contributed by atoms with van der Waals surface area (Å²) in [4.78, 5) is 11.9. The van der Waals surface area contributed by atoms with Crippen LogP contribution in [-0.2, 0) is 5.75 Å². The lowest BCUT2D eigenvalue weighted by Crippen LogP contribution is -2.24. The highest BCUT2D eigenvalue weighted by Gasteiger charge is 2.28. The Bertz CT molecular complexity index is 653. The molecule has 0 atom stereocenters. The van der Waals surface area contributed by atoms with E-state index in [4.69, 9.17) is 16.1 Å². The van der Waals surface area contributed by atoms with Gasteiger partial charge in [-0.25, -0.2) is 0 Å². The maximum absolute atomic E-state index is 11.9. The van der Waals surface area contributed by atoms with Crippen molar-refractivity contribution in [2.45, 2.75) is 30.9 Å². The number of nitrogens with one attached hydrogen (secondary N) is 1. The van der Waals surface area contributed by atoms with Gasteiger partial charge in [0.15, 0.2) is 0 Å². The number of nitrogens with zero attached hydrogens (tertiary/aromatic N) is 1. The van der Waals surface area contributed by atoms with Gasteiger partial charge >= 0.3 is 0 Å². The molecule has 0 bridgehead atoms. The van der Waals surface area contributed by atoms with Gasteiger partial charge in [-0.2, -0.15) is 11.8 Å². The number of halogens is 1. The number of hydrogen-bond acceptors (Lipinski definition) is 4.